The number of nitrogens with one attached hydrogen (secondary N) is 1. The number of Topliss-reactive ketones (excluding diaryl/α,β-unsaturated/α-hetero) is 1. The van der Waals surface area contributed by atoms with Gasteiger partial charge in [-0.25, -0.2) is 4.79 Å². The molecule has 0 unspecified atom stereocenters. The van der Waals surface area contributed by atoms with Crippen molar-refractivity contribution >= 4 is 17.7 Å². The molecule has 1 fully saturated rings. The Hall–Kier alpha value is -2.96. The number of aromatic nitrogens is 2. The van der Waals surface area contributed by atoms with Crippen molar-refractivity contribution in [3.63, 3.8) is 0 Å². The maximum Gasteiger partial charge on any atom is 0.354 e. The summed E-state index contributed by atoms with van der Waals surface area (Å²) in [5.74, 6) is -0.746. The fourth-order valence-electron chi connectivity index (χ4n) is 3.21. The summed E-state index contributed by atoms with van der Waals surface area (Å²) in [6, 6.07) is 5.50. The molecule has 142 valence electrons. The lowest BCUT2D eigenvalue weighted by Gasteiger charge is -2.22. The normalized spacial score (nSPS) is 13.3. The number of methoxy groups -OCH3 is 1. The lowest BCUT2D eigenvalue weighted by atomic mass is 10.0. The quantitative estimate of drug-likeness (QED) is 0.598. The highest BCUT2D eigenvalue weighted by molar-refractivity contribution is 6.04. The van der Waals surface area contributed by atoms with Crippen molar-refractivity contribution in [1.29, 1.82) is 0 Å². The molecule has 1 amide bonds. The maximum atomic E-state index is 13.0. The highest BCUT2D eigenvalue weighted by atomic mass is 16.5. The molecule has 0 bridgehead atoms. The van der Waals surface area contributed by atoms with E-state index in [2.05, 4.69) is 9.97 Å². The molecule has 2 aromatic rings. The number of rotatable bonds is 7. The smallest absolute Gasteiger partial charge is 0.354 e. The van der Waals surface area contributed by atoms with Gasteiger partial charge in [0.1, 0.15) is 5.69 Å². The number of ether oxygens (including phenoxy) is 1. The minimum Gasteiger partial charge on any atom is -0.464 e. The summed E-state index contributed by atoms with van der Waals surface area (Å²) in [4.78, 5) is 46.2. The van der Waals surface area contributed by atoms with Crippen LogP contribution in [0.3, 0.4) is 0 Å². The first-order valence-electron chi connectivity index (χ1n) is 8.91. The summed E-state index contributed by atoms with van der Waals surface area (Å²) in [6.45, 7) is 3.67. The third-order valence-corrected chi connectivity index (χ3v) is 4.76. The standard InChI is InChI=1S/C20H23N3O4/c1-12-17(13(2)22-18(12)20(26)27-3)16(24)11-23(19(25)14-7-8-14)10-15-6-4-5-9-21-15/h4-6,9,14,22H,7-8,10-11H2,1-3H3. The van der Waals surface area contributed by atoms with Gasteiger partial charge in [0.15, 0.2) is 5.78 Å². The zero-order valence-electron chi connectivity index (χ0n) is 15.7. The van der Waals surface area contributed by atoms with Crippen molar-refractivity contribution in [2.75, 3.05) is 13.7 Å². The van der Waals surface area contributed by atoms with Gasteiger partial charge in [0, 0.05) is 23.4 Å². The van der Waals surface area contributed by atoms with Gasteiger partial charge >= 0.3 is 5.97 Å². The van der Waals surface area contributed by atoms with Crippen LogP contribution < -0.4 is 0 Å². The Morgan fingerprint density at radius 3 is 2.59 bits per heavy atom. The number of pyridine rings is 1. The zero-order chi connectivity index (χ0) is 19.6. The molecule has 3 rings (SSSR count). The highest BCUT2D eigenvalue weighted by Crippen LogP contribution is 2.31. The van der Waals surface area contributed by atoms with Crippen molar-refractivity contribution in [2.45, 2.75) is 33.2 Å². The first kappa shape index (κ1) is 18.8. The van der Waals surface area contributed by atoms with Crippen LogP contribution in [-0.2, 0) is 16.1 Å². The van der Waals surface area contributed by atoms with Crippen LogP contribution in [0.1, 0.15) is 50.6 Å². The predicted octanol–water partition coefficient (Wildman–Crippen LogP) is 2.43. The number of ketones is 1. The number of aryl methyl sites for hydroxylation is 1. The summed E-state index contributed by atoms with van der Waals surface area (Å²) in [7, 11) is 1.29. The highest BCUT2D eigenvalue weighted by Gasteiger charge is 2.35. The summed E-state index contributed by atoms with van der Waals surface area (Å²) in [5.41, 5.74) is 2.57. The molecule has 0 spiro atoms. The van der Waals surface area contributed by atoms with E-state index in [9.17, 15) is 14.4 Å². The SMILES string of the molecule is COC(=O)c1[nH]c(C)c(C(=O)CN(Cc2ccccn2)C(=O)C2CC2)c1C. The predicted molar refractivity (Wildman–Crippen MR) is 98.3 cm³/mol. The molecule has 0 atom stereocenters. The van der Waals surface area contributed by atoms with Crippen LogP contribution in [0, 0.1) is 19.8 Å². The minimum absolute atomic E-state index is 0.000519. The average molecular weight is 369 g/mol. The Kier molecular flexibility index (Phi) is 5.39. The number of amides is 1. The second-order valence-corrected chi connectivity index (χ2v) is 6.83. The Bertz CT molecular complexity index is 869. The van der Waals surface area contributed by atoms with Crippen LogP contribution in [0.2, 0.25) is 0 Å². The molecule has 7 nitrogen and oxygen atoms in total. The number of carbonyl (C=O) groups excluding carboxylic acids is 3. The van der Waals surface area contributed by atoms with Crippen molar-refractivity contribution < 1.29 is 19.1 Å². The van der Waals surface area contributed by atoms with Crippen LogP contribution in [0.15, 0.2) is 24.4 Å². The van der Waals surface area contributed by atoms with E-state index in [0.717, 1.165) is 18.5 Å². The number of nitrogens with zero attached hydrogens (tertiary/aromatic N) is 2. The van der Waals surface area contributed by atoms with Crippen LogP contribution in [-0.4, -0.2) is 46.2 Å². The summed E-state index contributed by atoms with van der Waals surface area (Å²) in [6.07, 6.45) is 3.39. The van der Waals surface area contributed by atoms with Gasteiger partial charge in [-0.15, -0.1) is 0 Å². The number of hydrogen-bond donors (Lipinski definition) is 1. The maximum absolute atomic E-state index is 13.0. The van der Waals surface area contributed by atoms with Gasteiger partial charge in [-0.1, -0.05) is 6.07 Å². The summed E-state index contributed by atoms with van der Waals surface area (Å²) < 4.78 is 4.75. The molecular formula is C20H23N3O4. The van der Waals surface area contributed by atoms with Crippen molar-refractivity contribution in [3.05, 3.63) is 52.6 Å². The van der Waals surface area contributed by atoms with Crippen LogP contribution in [0.25, 0.3) is 0 Å². The van der Waals surface area contributed by atoms with Gasteiger partial charge in [-0.05, 0) is 44.4 Å². The third-order valence-electron chi connectivity index (χ3n) is 4.76. The number of carbonyl (C=O) groups is 3. The molecule has 1 aliphatic carbocycles. The van der Waals surface area contributed by atoms with E-state index in [1.54, 1.807) is 24.9 Å². The van der Waals surface area contributed by atoms with Gasteiger partial charge < -0.3 is 14.6 Å². The van der Waals surface area contributed by atoms with Crippen molar-refractivity contribution in [2.24, 2.45) is 5.92 Å². The Morgan fingerprint density at radius 1 is 1.26 bits per heavy atom. The monoisotopic (exact) mass is 369 g/mol. The first-order valence-corrected chi connectivity index (χ1v) is 8.91. The minimum atomic E-state index is -0.519. The van der Waals surface area contributed by atoms with Crippen molar-refractivity contribution in [1.82, 2.24) is 14.9 Å². The van der Waals surface area contributed by atoms with E-state index in [4.69, 9.17) is 4.74 Å². The fraction of sp³-hybridized carbons (Fsp3) is 0.400. The Morgan fingerprint density at radius 2 is 2.00 bits per heavy atom. The molecule has 0 aromatic carbocycles. The average Bonchev–Trinajstić information content (AvgIpc) is 3.46. The molecule has 27 heavy (non-hydrogen) atoms. The van der Waals surface area contributed by atoms with Gasteiger partial charge in [-0.3, -0.25) is 14.6 Å². The van der Waals surface area contributed by atoms with Crippen LogP contribution >= 0.6 is 0 Å². The lowest BCUT2D eigenvalue weighted by Crippen LogP contribution is -2.36. The molecular weight excluding hydrogens is 346 g/mol. The van der Waals surface area contributed by atoms with E-state index < -0.39 is 5.97 Å². The molecule has 1 N–H and O–H groups in total. The fourth-order valence-corrected chi connectivity index (χ4v) is 3.21. The second-order valence-electron chi connectivity index (χ2n) is 6.83. The van der Waals surface area contributed by atoms with Crippen LogP contribution in [0.4, 0.5) is 0 Å². The number of aromatic amines is 1. The van der Waals surface area contributed by atoms with Gasteiger partial charge in [0.25, 0.3) is 0 Å². The molecule has 1 aliphatic rings. The molecule has 0 aliphatic heterocycles. The summed E-state index contributed by atoms with van der Waals surface area (Å²) in [5, 5.41) is 0. The van der Waals surface area contributed by atoms with Gasteiger partial charge in [-0.2, -0.15) is 0 Å². The summed E-state index contributed by atoms with van der Waals surface area (Å²) >= 11 is 0. The van der Waals surface area contributed by atoms with Gasteiger partial charge in [0.2, 0.25) is 5.91 Å². The zero-order valence-corrected chi connectivity index (χ0v) is 15.7. The third kappa shape index (κ3) is 4.07. The van der Waals surface area contributed by atoms with Crippen molar-refractivity contribution in [3.8, 4) is 0 Å². The van der Waals surface area contributed by atoms with E-state index in [1.165, 1.54) is 7.11 Å². The van der Waals surface area contributed by atoms with Crippen LogP contribution in [0.5, 0.6) is 0 Å². The second kappa shape index (κ2) is 7.73. The number of esters is 1. The Labute approximate surface area is 157 Å². The van der Waals surface area contributed by atoms with Gasteiger partial charge in [0.05, 0.1) is 25.9 Å². The van der Waals surface area contributed by atoms with E-state index >= 15 is 0 Å². The molecule has 0 radical (unpaired) electrons. The Balaban J connectivity index is 1.83. The van der Waals surface area contributed by atoms with E-state index in [0.29, 0.717) is 16.8 Å². The molecule has 2 aromatic heterocycles. The molecule has 2 heterocycles. The lowest BCUT2D eigenvalue weighted by molar-refractivity contribution is -0.132. The first-order chi connectivity index (χ1) is 12.9. The van der Waals surface area contributed by atoms with E-state index in [-0.39, 0.29) is 36.4 Å². The van der Waals surface area contributed by atoms with E-state index in [1.807, 2.05) is 18.2 Å². The molecule has 1 saturated carbocycles. The largest absolute Gasteiger partial charge is 0.464 e. The molecule has 0 saturated heterocycles. The number of H-pyrrole nitrogens is 1. The number of hydrogen-bond acceptors (Lipinski definition) is 5. The topological polar surface area (TPSA) is 92.4 Å². The molecule has 7 heteroatoms.